The van der Waals surface area contributed by atoms with E-state index in [4.69, 9.17) is 0 Å². The third kappa shape index (κ3) is 5.43. The number of nitrogens with zero attached hydrogens (tertiary/aromatic N) is 1. The molecule has 1 aromatic rings. The molecule has 1 unspecified atom stereocenters. The number of alkyl halides is 3. The molecule has 16 heavy (non-hydrogen) atoms. The summed E-state index contributed by atoms with van der Waals surface area (Å²) in [5, 5.41) is 12.0. The Morgan fingerprint density at radius 3 is 2.75 bits per heavy atom. The Kier molecular flexibility index (Phi) is 4.69. The van der Waals surface area contributed by atoms with Crippen LogP contribution in [0.1, 0.15) is 10.7 Å². The van der Waals surface area contributed by atoms with Gasteiger partial charge in [0, 0.05) is 11.8 Å². The van der Waals surface area contributed by atoms with Gasteiger partial charge in [-0.2, -0.15) is 13.2 Å². The van der Waals surface area contributed by atoms with Crippen LogP contribution in [-0.2, 0) is 11.2 Å². The number of aliphatic hydroxyl groups is 1. The maximum atomic E-state index is 11.7. The van der Waals surface area contributed by atoms with Crippen molar-refractivity contribution in [1.29, 1.82) is 0 Å². The van der Waals surface area contributed by atoms with Crippen LogP contribution in [0, 0.1) is 6.92 Å². The van der Waals surface area contributed by atoms with Crippen molar-refractivity contribution in [3.05, 3.63) is 16.1 Å². The predicted molar refractivity (Wildman–Crippen MR) is 53.4 cm³/mol. The number of halogens is 3. The predicted octanol–water partition coefficient (Wildman–Crippen LogP) is 1.93. The fourth-order valence-corrected chi connectivity index (χ4v) is 1.74. The van der Waals surface area contributed by atoms with Crippen molar-refractivity contribution in [3.63, 3.8) is 0 Å². The summed E-state index contributed by atoms with van der Waals surface area (Å²) in [6.07, 6.45) is -5.09. The second kappa shape index (κ2) is 5.60. The van der Waals surface area contributed by atoms with E-state index in [1.54, 1.807) is 5.38 Å². The summed E-state index contributed by atoms with van der Waals surface area (Å²) < 4.78 is 39.5. The molecule has 7 heteroatoms. The van der Waals surface area contributed by atoms with E-state index in [2.05, 4.69) is 9.72 Å². The minimum Gasteiger partial charge on any atom is -0.390 e. The number of rotatable bonds is 5. The van der Waals surface area contributed by atoms with Gasteiger partial charge in [0.1, 0.15) is 6.61 Å². The minimum atomic E-state index is -4.35. The topological polar surface area (TPSA) is 42.4 Å². The molecule has 1 heterocycles. The highest BCUT2D eigenvalue weighted by molar-refractivity contribution is 7.09. The zero-order chi connectivity index (χ0) is 12.2. The van der Waals surface area contributed by atoms with Crippen LogP contribution in [0.2, 0.25) is 0 Å². The molecule has 0 radical (unpaired) electrons. The van der Waals surface area contributed by atoms with Crippen molar-refractivity contribution >= 4 is 11.3 Å². The molecule has 92 valence electrons. The van der Waals surface area contributed by atoms with E-state index < -0.39 is 18.9 Å². The van der Waals surface area contributed by atoms with Gasteiger partial charge in [-0.25, -0.2) is 4.98 Å². The normalized spacial score (nSPS) is 14.1. The summed E-state index contributed by atoms with van der Waals surface area (Å²) in [6, 6.07) is 0. The maximum Gasteiger partial charge on any atom is 0.411 e. The standard InChI is InChI=1S/C9H12F3NO2S/c1-6-13-7(4-16-6)2-8(14)3-15-5-9(10,11)12/h4,8,14H,2-3,5H2,1H3. The van der Waals surface area contributed by atoms with Crippen LogP contribution >= 0.6 is 11.3 Å². The highest BCUT2D eigenvalue weighted by atomic mass is 32.1. The maximum absolute atomic E-state index is 11.7. The minimum absolute atomic E-state index is 0.211. The number of aromatic nitrogens is 1. The molecule has 0 aliphatic rings. The molecule has 1 aromatic heterocycles. The molecule has 0 aliphatic carbocycles. The zero-order valence-corrected chi connectivity index (χ0v) is 9.44. The summed E-state index contributed by atoms with van der Waals surface area (Å²) in [4.78, 5) is 4.09. The highest BCUT2D eigenvalue weighted by Gasteiger charge is 2.27. The first-order valence-electron chi connectivity index (χ1n) is 4.60. The number of hydrogen-bond donors (Lipinski definition) is 1. The summed E-state index contributed by atoms with van der Waals surface area (Å²) >= 11 is 1.43. The molecular weight excluding hydrogens is 243 g/mol. The zero-order valence-electron chi connectivity index (χ0n) is 8.62. The molecule has 0 spiro atoms. The molecule has 0 aliphatic heterocycles. The third-order valence-electron chi connectivity index (χ3n) is 1.69. The number of hydrogen-bond acceptors (Lipinski definition) is 4. The van der Waals surface area contributed by atoms with Gasteiger partial charge in [-0.05, 0) is 6.92 Å². The van der Waals surface area contributed by atoms with Crippen molar-refractivity contribution in [2.24, 2.45) is 0 Å². The molecule has 0 saturated carbocycles. The molecule has 3 nitrogen and oxygen atoms in total. The SMILES string of the molecule is Cc1nc(CC(O)COCC(F)(F)F)cs1. The first-order valence-corrected chi connectivity index (χ1v) is 5.48. The van der Waals surface area contributed by atoms with Gasteiger partial charge < -0.3 is 9.84 Å². The smallest absolute Gasteiger partial charge is 0.390 e. The lowest BCUT2D eigenvalue weighted by molar-refractivity contribution is -0.179. The molecule has 0 saturated heterocycles. The number of ether oxygens (including phenoxy) is 1. The molecule has 1 rings (SSSR count). The lowest BCUT2D eigenvalue weighted by Gasteiger charge is -2.11. The Balaban J connectivity index is 2.23. The summed E-state index contributed by atoms with van der Waals surface area (Å²) in [5.41, 5.74) is 0.672. The quantitative estimate of drug-likeness (QED) is 0.874. The van der Waals surface area contributed by atoms with Gasteiger partial charge >= 0.3 is 6.18 Å². The average molecular weight is 255 g/mol. The van der Waals surface area contributed by atoms with Gasteiger partial charge in [0.25, 0.3) is 0 Å². The van der Waals surface area contributed by atoms with Crippen LogP contribution < -0.4 is 0 Å². The van der Waals surface area contributed by atoms with E-state index in [-0.39, 0.29) is 13.0 Å². The highest BCUT2D eigenvalue weighted by Crippen LogP contribution is 2.15. The van der Waals surface area contributed by atoms with Gasteiger partial charge in [-0.3, -0.25) is 0 Å². The molecule has 0 aromatic carbocycles. The van der Waals surface area contributed by atoms with Gasteiger partial charge in [0.2, 0.25) is 0 Å². The van der Waals surface area contributed by atoms with Crippen LogP contribution in [0.25, 0.3) is 0 Å². The summed E-state index contributed by atoms with van der Waals surface area (Å²) in [7, 11) is 0. The molecular formula is C9H12F3NO2S. The van der Waals surface area contributed by atoms with Gasteiger partial charge in [-0.1, -0.05) is 0 Å². The lowest BCUT2D eigenvalue weighted by atomic mass is 10.2. The second-order valence-electron chi connectivity index (χ2n) is 3.35. The molecule has 0 bridgehead atoms. The van der Waals surface area contributed by atoms with E-state index in [1.807, 2.05) is 6.92 Å². The largest absolute Gasteiger partial charge is 0.411 e. The van der Waals surface area contributed by atoms with E-state index >= 15 is 0 Å². The number of thiazole rings is 1. The van der Waals surface area contributed by atoms with E-state index in [0.29, 0.717) is 5.69 Å². The third-order valence-corrected chi connectivity index (χ3v) is 2.51. The van der Waals surface area contributed by atoms with Crippen molar-refractivity contribution in [3.8, 4) is 0 Å². The van der Waals surface area contributed by atoms with Crippen LogP contribution in [-0.4, -0.2) is 35.6 Å². The van der Waals surface area contributed by atoms with Crippen molar-refractivity contribution < 1.29 is 23.0 Å². The van der Waals surface area contributed by atoms with E-state index in [1.165, 1.54) is 11.3 Å². The van der Waals surface area contributed by atoms with Crippen LogP contribution in [0.15, 0.2) is 5.38 Å². The Labute approximate surface area is 94.9 Å². The van der Waals surface area contributed by atoms with Crippen molar-refractivity contribution in [1.82, 2.24) is 4.98 Å². The van der Waals surface area contributed by atoms with Crippen molar-refractivity contribution in [2.45, 2.75) is 25.6 Å². The van der Waals surface area contributed by atoms with E-state index in [0.717, 1.165) is 5.01 Å². The first-order chi connectivity index (χ1) is 7.37. The second-order valence-corrected chi connectivity index (χ2v) is 4.41. The molecule has 1 N–H and O–H groups in total. The summed E-state index contributed by atoms with van der Waals surface area (Å²) in [5.74, 6) is 0. The Morgan fingerprint density at radius 2 is 2.25 bits per heavy atom. The molecule has 0 fully saturated rings. The van der Waals surface area contributed by atoms with E-state index in [9.17, 15) is 18.3 Å². The summed E-state index contributed by atoms with van der Waals surface area (Å²) in [6.45, 7) is 0.150. The Bertz CT molecular complexity index is 327. The number of aryl methyl sites for hydroxylation is 1. The Hall–Kier alpha value is -0.660. The number of aliphatic hydroxyl groups excluding tert-OH is 1. The molecule has 0 amide bonds. The lowest BCUT2D eigenvalue weighted by Crippen LogP contribution is -2.24. The van der Waals surface area contributed by atoms with Crippen molar-refractivity contribution in [2.75, 3.05) is 13.2 Å². The Morgan fingerprint density at radius 1 is 1.56 bits per heavy atom. The average Bonchev–Trinajstić information content (AvgIpc) is 2.48. The van der Waals surface area contributed by atoms with Crippen LogP contribution in [0.5, 0.6) is 0 Å². The van der Waals surface area contributed by atoms with Gasteiger partial charge in [0.05, 0.1) is 23.4 Å². The first kappa shape index (κ1) is 13.4. The fourth-order valence-electron chi connectivity index (χ4n) is 1.11. The van der Waals surface area contributed by atoms with Gasteiger partial charge in [-0.15, -0.1) is 11.3 Å². The molecule has 1 atom stereocenters. The van der Waals surface area contributed by atoms with Gasteiger partial charge in [0.15, 0.2) is 0 Å². The fraction of sp³-hybridized carbons (Fsp3) is 0.667. The van der Waals surface area contributed by atoms with Crippen LogP contribution in [0.4, 0.5) is 13.2 Å². The monoisotopic (exact) mass is 255 g/mol. The van der Waals surface area contributed by atoms with Crippen LogP contribution in [0.3, 0.4) is 0 Å².